The van der Waals surface area contributed by atoms with Crippen molar-refractivity contribution in [1.82, 2.24) is 0 Å². The van der Waals surface area contributed by atoms with Crippen LogP contribution >= 0.6 is 0 Å². The zero-order chi connectivity index (χ0) is 27.9. The molecule has 2 aliphatic carbocycles. The Labute approximate surface area is 241 Å². The van der Waals surface area contributed by atoms with Gasteiger partial charge in [-0.3, -0.25) is 0 Å². The fourth-order valence-corrected chi connectivity index (χ4v) is 7.41. The smallest absolute Gasteiger partial charge is 0.343 e. The van der Waals surface area contributed by atoms with Gasteiger partial charge in [0.1, 0.15) is 11.5 Å². The molecule has 0 spiro atoms. The van der Waals surface area contributed by atoms with Crippen LogP contribution in [-0.4, -0.2) is 11.1 Å². The fraction of sp³-hybridized carbons (Fsp3) is 0.486. The summed E-state index contributed by atoms with van der Waals surface area (Å²) in [6, 6.07) is 22.3. The van der Waals surface area contributed by atoms with E-state index < -0.39 is 0 Å². The van der Waals surface area contributed by atoms with Crippen LogP contribution in [0.2, 0.25) is 0 Å². The summed E-state index contributed by atoms with van der Waals surface area (Å²) in [5, 5.41) is 10.8. The molecular weight excluding hydrogens is 492 g/mol. The highest BCUT2D eigenvalue weighted by molar-refractivity contribution is 5.91. The van der Waals surface area contributed by atoms with Gasteiger partial charge < -0.3 is 9.84 Å². The first-order chi connectivity index (χ1) is 19.6. The molecule has 0 aliphatic heterocycles. The second-order valence-electron chi connectivity index (χ2n) is 12.1. The number of carbonyl (C=O) groups is 1. The van der Waals surface area contributed by atoms with Gasteiger partial charge >= 0.3 is 5.97 Å². The summed E-state index contributed by atoms with van der Waals surface area (Å²) in [6.45, 7) is 4.58. The van der Waals surface area contributed by atoms with Gasteiger partial charge in [0.2, 0.25) is 0 Å². The van der Waals surface area contributed by atoms with E-state index >= 15 is 0 Å². The molecule has 2 saturated carbocycles. The van der Waals surface area contributed by atoms with Crippen LogP contribution in [-0.2, 0) is 0 Å². The van der Waals surface area contributed by atoms with Crippen LogP contribution < -0.4 is 4.74 Å². The molecule has 40 heavy (non-hydrogen) atoms. The molecule has 0 heterocycles. The first kappa shape index (κ1) is 28.5. The van der Waals surface area contributed by atoms with Gasteiger partial charge in [0, 0.05) is 0 Å². The third kappa shape index (κ3) is 6.45. The van der Waals surface area contributed by atoms with Crippen molar-refractivity contribution in [3.63, 3.8) is 0 Å². The maximum absolute atomic E-state index is 13.0. The van der Waals surface area contributed by atoms with Crippen molar-refractivity contribution in [3.8, 4) is 11.5 Å². The van der Waals surface area contributed by atoms with E-state index in [-0.39, 0.29) is 5.97 Å². The molecule has 212 valence electrons. The molecule has 3 aromatic rings. The minimum Gasteiger partial charge on any atom is -0.508 e. The number of ether oxygens (including phenoxy) is 1. The Morgan fingerprint density at radius 1 is 0.725 bits per heavy atom. The van der Waals surface area contributed by atoms with E-state index in [4.69, 9.17) is 4.74 Å². The van der Waals surface area contributed by atoms with Gasteiger partial charge in [-0.05, 0) is 109 Å². The first-order valence-corrected chi connectivity index (χ1v) is 15.8. The summed E-state index contributed by atoms with van der Waals surface area (Å²) in [4.78, 5) is 13.0. The van der Waals surface area contributed by atoms with Gasteiger partial charge in [-0.1, -0.05) is 94.8 Å². The molecule has 1 N–H and O–H groups in total. The highest BCUT2D eigenvalue weighted by atomic mass is 16.5. The number of phenolic OH excluding ortho intramolecular Hbond substituents is 1. The Morgan fingerprint density at radius 3 is 1.82 bits per heavy atom. The van der Waals surface area contributed by atoms with Crippen LogP contribution in [0.3, 0.4) is 0 Å². The van der Waals surface area contributed by atoms with E-state index in [9.17, 15) is 9.90 Å². The molecule has 2 atom stereocenters. The Morgan fingerprint density at radius 2 is 1.25 bits per heavy atom. The molecular formula is C37H46O3. The van der Waals surface area contributed by atoms with E-state index in [0.29, 0.717) is 35.0 Å². The summed E-state index contributed by atoms with van der Waals surface area (Å²) in [6.07, 6.45) is 14.3. The van der Waals surface area contributed by atoms with Crippen molar-refractivity contribution < 1.29 is 14.6 Å². The molecule has 3 nitrogen and oxygen atoms in total. The molecule has 0 aromatic heterocycles. The standard InChI is InChI=1S/C37H46O3/c1-3-31(29-20-22-35(38)33(24-29)26-14-8-5-9-15-26)32(4-2)30-21-23-36(34(25-30)27-16-10-6-11-17-27)40-37(39)28-18-12-7-13-19-28/h7,12-13,18-27,31-32,38H,3-6,8-11,14-17H2,1-2H3/t31-,32+/m1/s1. The molecule has 5 rings (SSSR count). The predicted octanol–water partition coefficient (Wildman–Crippen LogP) is 10.4. The second-order valence-corrected chi connectivity index (χ2v) is 12.1. The van der Waals surface area contributed by atoms with Crippen LogP contribution in [0, 0.1) is 0 Å². The number of aromatic hydroxyl groups is 1. The van der Waals surface area contributed by atoms with E-state index in [1.165, 1.54) is 68.1 Å². The fourth-order valence-electron chi connectivity index (χ4n) is 7.41. The zero-order valence-electron chi connectivity index (χ0n) is 24.4. The van der Waals surface area contributed by atoms with Crippen molar-refractivity contribution in [2.75, 3.05) is 0 Å². The second kappa shape index (κ2) is 13.5. The van der Waals surface area contributed by atoms with Crippen LogP contribution in [0.1, 0.15) is 147 Å². The molecule has 2 aliphatic rings. The first-order valence-electron chi connectivity index (χ1n) is 15.8. The third-order valence-electron chi connectivity index (χ3n) is 9.61. The minimum atomic E-state index is -0.289. The Balaban J connectivity index is 1.47. The van der Waals surface area contributed by atoms with E-state index in [0.717, 1.165) is 37.0 Å². The summed E-state index contributed by atoms with van der Waals surface area (Å²) in [7, 11) is 0. The van der Waals surface area contributed by atoms with Crippen molar-refractivity contribution in [2.24, 2.45) is 0 Å². The third-order valence-corrected chi connectivity index (χ3v) is 9.61. The summed E-state index contributed by atoms with van der Waals surface area (Å²) in [5.74, 6) is 2.52. The molecule has 3 heteroatoms. The van der Waals surface area contributed by atoms with Crippen molar-refractivity contribution in [1.29, 1.82) is 0 Å². The average molecular weight is 539 g/mol. The highest BCUT2D eigenvalue weighted by Crippen LogP contribution is 2.45. The number of benzene rings is 3. The van der Waals surface area contributed by atoms with Gasteiger partial charge in [0.25, 0.3) is 0 Å². The molecule has 3 aromatic carbocycles. The van der Waals surface area contributed by atoms with Gasteiger partial charge in [0.15, 0.2) is 0 Å². The highest BCUT2D eigenvalue weighted by Gasteiger charge is 2.28. The van der Waals surface area contributed by atoms with Crippen molar-refractivity contribution >= 4 is 5.97 Å². The number of hydrogen-bond acceptors (Lipinski definition) is 3. The Kier molecular flexibility index (Phi) is 9.62. The van der Waals surface area contributed by atoms with Gasteiger partial charge in [-0.2, -0.15) is 0 Å². The lowest BCUT2D eigenvalue weighted by molar-refractivity contribution is 0.0732. The predicted molar refractivity (Wildman–Crippen MR) is 164 cm³/mol. The molecule has 0 radical (unpaired) electrons. The number of hydrogen-bond donors (Lipinski definition) is 1. The lowest BCUT2D eigenvalue weighted by Gasteiger charge is -2.30. The average Bonchev–Trinajstić information content (AvgIpc) is 3.02. The van der Waals surface area contributed by atoms with Crippen LogP contribution in [0.5, 0.6) is 11.5 Å². The molecule has 0 unspecified atom stereocenters. The normalized spacial score (nSPS) is 18.2. The van der Waals surface area contributed by atoms with E-state index in [1.807, 2.05) is 36.4 Å². The molecule has 2 fully saturated rings. The summed E-state index contributed by atoms with van der Waals surface area (Å²) >= 11 is 0. The van der Waals surface area contributed by atoms with Crippen LogP contribution in [0.15, 0.2) is 66.7 Å². The summed E-state index contributed by atoms with van der Waals surface area (Å²) in [5.41, 5.74) is 5.60. The number of esters is 1. The maximum Gasteiger partial charge on any atom is 0.343 e. The number of phenols is 1. The van der Waals surface area contributed by atoms with Gasteiger partial charge in [-0.25, -0.2) is 4.79 Å². The van der Waals surface area contributed by atoms with E-state index in [1.54, 1.807) is 0 Å². The molecule has 0 saturated heterocycles. The SMILES string of the molecule is CC[C@H](c1ccc(O)c(C2CCCCC2)c1)[C@@H](CC)c1ccc(OC(=O)c2ccccc2)c(C2CCCCC2)c1. The van der Waals surface area contributed by atoms with E-state index in [2.05, 4.69) is 44.2 Å². The largest absolute Gasteiger partial charge is 0.508 e. The summed E-state index contributed by atoms with van der Waals surface area (Å²) < 4.78 is 6.05. The van der Waals surface area contributed by atoms with Gasteiger partial charge in [-0.15, -0.1) is 0 Å². The van der Waals surface area contributed by atoms with Crippen molar-refractivity contribution in [3.05, 3.63) is 94.5 Å². The lowest BCUT2D eigenvalue weighted by Crippen LogP contribution is -2.15. The minimum absolute atomic E-state index is 0.289. The number of carbonyl (C=O) groups excluding carboxylic acids is 1. The molecule has 0 bridgehead atoms. The number of rotatable bonds is 9. The lowest BCUT2D eigenvalue weighted by atomic mass is 9.75. The van der Waals surface area contributed by atoms with Crippen LogP contribution in [0.25, 0.3) is 0 Å². The van der Waals surface area contributed by atoms with Crippen LogP contribution in [0.4, 0.5) is 0 Å². The Hall–Kier alpha value is -3.07. The zero-order valence-corrected chi connectivity index (χ0v) is 24.4. The van der Waals surface area contributed by atoms with Gasteiger partial charge in [0.05, 0.1) is 5.56 Å². The quantitative estimate of drug-likeness (QED) is 0.218. The Bertz CT molecular complexity index is 1250. The monoisotopic (exact) mass is 538 g/mol. The molecule has 0 amide bonds. The topological polar surface area (TPSA) is 46.5 Å². The van der Waals surface area contributed by atoms with Crippen molar-refractivity contribution in [2.45, 2.75) is 115 Å². The maximum atomic E-state index is 13.0.